The summed E-state index contributed by atoms with van der Waals surface area (Å²) >= 11 is 5.78. The van der Waals surface area contributed by atoms with E-state index in [2.05, 4.69) is 10.3 Å². The fourth-order valence-corrected chi connectivity index (χ4v) is 3.04. The summed E-state index contributed by atoms with van der Waals surface area (Å²) in [5.74, 6) is -0.0592. The van der Waals surface area contributed by atoms with Gasteiger partial charge in [-0.3, -0.25) is 10.1 Å². The van der Waals surface area contributed by atoms with Crippen molar-refractivity contribution in [3.05, 3.63) is 59.2 Å². The van der Waals surface area contributed by atoms with Crippen molar-refractivity contribution in [2.75, 3.05) is 11.9 Å². The molecule has 2 atom stereocenters. The second-order valence-electron chi connectivity index (χ2n) is 5.71. The van der Waals surface area contributed by atoms with Crippen LogP contribution in [0.3, 0.4) is 0 Å². The summed E-state index contributed by atoms with van der Waals surface area (Å²) < 4.78 is 0. The van der Waals surface area contributed by atoms with Gasteiger partial charge >= 0.3 is 6.03 Å². The van der Waals surface area contributed by atoms with Crippen LogP contribution in [0.25, 0.3) is 0 Å². The monoisotopic (exact) mass is 344 g/mol. The smallest absolute Gasteiger partial charge is 0.323 e. The number of carbonyl (C=O) groups is 2. The zero-order valence-corrected chi connectivity index (χ0v) is 13.6. The summed E-state index contributed by atoms with van der Waals surface area (Å²) in [6.07, 6.45) is 1.96. The van der Waals surface area contributed by atoms with Crippen LogP contribution in [0.2, 0.25) is 5.02 Å². The van der Waals surface area contributed by atoms with Crippen molar-refractivity contribution < 1.29 is 9.59 Å². The number of carbonyl (C=O) groups excluding carboxylic acids is 2. The number of nitrogens with one attached hydrogen (secondary N) is 1. The van der Waals surface area contributed by atoms with Crippen LogP contribution in [0.15, 0.2) is 48.7 Å². The molecule has 7 heteroatoms. The lowest BCUT2D eigenvalue weighted by molar-refractivity contribution is -0.121. The Morgan fingerprint density at radius 3 is 2.58 bits per heavy atom. The Morgan fingerprint density at radius 1 is 1.21 bits per heavy atom. The van der Waals surface area contributed by atoms with E-state index in [1.165, 1.54) is 11.1 Å². The Hall–Kier alpha value is -2.60. The highest BCUT2D eigenvalue weighted by molar-refractivity contribution is 6.30. The van der Waals surface area contributed by atoms with Gasteiger partial charge in [-0.05, 0) is 24.1 Å². The second-order valence-corrected chi connectivity index (χ2v) is 6.14. The summed E-state index contributed by atoms with van der Waals surface area (Å²) in [4.78, 5) is 29.8. The lowest BCUT2D eigenvalue weighted by atomic mass is 9.96. The van der Waals surface area contributed by atoms with E-state index in [9.17, 15) is 9.59 Å². The molecule has 1 aliphatic heterocycles. The quantitative estimate of drug-likeness (QED) is 0.897. The van der Waals surface area contributed by atoms with Crippen molar-refractivity contribution in [3.8, 4) is 0 Å². The molecule has 1 aromatic heterocycles. The maximum atomic E-state index is 12.5. The van der Waals surface area contributed by atoms with Crippen LogP contribution in [-0.2, 0) is 4.79 Å². The number of rotatable bonds is 3. The number of pyridine rings is 1. The van der Waals surface area contributed by atoms with E-state index in [1.54, 1.807) is 12.1 Å². The molecule has 1 saturated heterocycles. The van der Waals surface area contributed by atoms with Crippen LogP contribution in [0.1, 0.15) is 17.9 Å². The van der Waals surface area contributed by atoms with Gasteiger partial charge in [0.05, 0.1) is 5.02 Å². The van der Waals surface area contributed by atoms with E-state index in [0.717, 1.165) is 5.56 Å². The van der Waals surface area contributed by atoms with E-state index in [1.807, 2.05) is 30.3 Å². The Balaban J connectivity index is 1.76. The first-order valence-electron chi connectivity index (χ1n) is 7.58. The number of hydrogen-bond donors (Lipinski definition) is 2. The summed E-state index contributed by atoms with van der Waals surface area (Å²) in [5, 5.41) is 3.16. The van der Waals surface area contributed by atoms with Gasteiger partial charge in [-0.25, -0.2) is 9.78 Å². The first kappa shape index (κ1) is 16.3. The average molecular weight is 345 g/mol. The standard InChI is InChI=1S/C17H17ClN4O2/c18-13-6-7-15(20-9-13)21-17(24)22-10-12(8-14(22)16(19)23)11-4-2-1-3-5-11/h1-7,9,12,14H,8,10H2,(H2,19,23)(H,20,21,24). The third kappa shape index (κ3) is 3.49. The number of primary amides is 1. The second kappa shape index (κ2) is 6.88. The van der Waals surface area contributed by atoms with E-state index < -0.39 is 18.0 Å². The lowest BCUT2D eigenvalue weighted by Gasteiger charge is -2.22. The molecule has 0 saturated carbocycles. The molecule has 1 fully saturated rings. The summed E-state index contributed by atoms with van der Waals surface area (Å²) in [5.41, 5.74) is 6.57. The van der Waals surface area contributed by atoms with Gasteiger partial charge in [-0.15, -0.1) is 0 Å². The molecule has 2 aromatic rings. The highest BCUT2D eigenvalue weighted by atomic mass is 35.5. The van der Waals surface area contributed by atoms with Gasteiger partial charge in [0.2, 0.25) is 5.91 Å². The van der Waals surface area contributed by atoms with E-state index in [-0.39, 0.29) is 5.92 Å². The maximum absolute atomic E-state index is 12.5. The third-order valence-corrected chi connectivity index (χ3v) is 4.35. The van der Waals surface area contributed by atoms with Crippen molar-refractivity contribution in [1.82, 2.24) is 9.88 Å². The number of halogens is 1. The molecule has 124 valence electrons. The number of aromatic nitrogens is 1. The Morgan fingerprint density at radius 2 is 1.96 bits per heavy atom. The lowest BCUT2D eigenvalue weighted by Crippen LogP contribution is -2.45. The van der Waals surface area contributed by atoms with Gasteiger partial charge in [-0.1, -0.05) is 41.9 Å². The molecule has 0 radical (unpaired) electrons. The summed E-state index contributed by atoms with van der Waals surface area (Å²) in [6, 6.07) is 12.0. The molecule has 0 spiro atoms. The first-order chi connectivity index (χ1) is 11.5. The molecule has 1 aliphatic rings. The van der Waals surface area contributed by atoms with Crippen molar-refractivity contribution in [3.63, 3.8) is 0 Å². The molecule has 2 unspecified atom stereocenters. The van der Waals surface area contributed by atoms with Gasteiger partial charge in [0.15, 0.2) is 0 Å². The molecule has 1 aromatic carbocycles. The van der Waals surface area contributed by atoms with Crippen molar-refractivity contribution >= 4 is 29.4 Å². The van der Waals surface area contributed by atoms with Crippen LogP contribution in [0.4, 0.5) is 10.6 Å². The van der Waals surface area contributed by atoms with Crippen molar-refractivity contribution in [1.29, 1.82) is 0 Å². The molecule has 0 aliphatic carbocycles. The van der Waals surface area contributed by atoms with Gasteiger partial charge in [0.1, 0.15) is 11.9 Å². The van der Waals surface area contributed by atoms with Gasteiger partial charge in [-0.2, -0.15) is 0 Å². The fraction of sp³-hybridized carbons (Fsp3) is 0.235. The minimum absolute atomic E-state index is 0.0765. The largest absolute Gasteiger partial charge is 0.368 e. The zero-order chi connectivity index (χ0) is 17.1. The summed E-state index contributed by atoms with van der Waals surface area (Å²) in [7, 11) is 0. The Labute approximate surface area is 144 Å². The minimum Gasteiger partial charge on any atom is -0.368 e. The number of benzene rings is 1. The zero-order valence-electron chi connectivity index (χ0n) is 12.9. The number of nitrogens with zero attached hydrogens (tertiary/aromatic N) is 2. The SMILES string of the molecule is NC(=O)C1CC(c2ccccc2)CN1C(=O)Nc1ccc(Cl)cn1. The highest BCUT2D eigenvalue weighted by Gasteiger charge is 2.39. The van der Waals surface area contributed by atoms with Crippen LogP contribution < -0.4 is 11.1 Å². The van der Waals surface area contributed by atoms with Crippen LogP contribution in [-0.4, -0.2) is 34.4 Å². The number of amides is 3. The highest BCUT2D eigenvalue weighted by Crippen LogP contribution is 2.32. The molecule has 3 N–H and O–H groups in total. The summed E-state index contributed by atoms with van der Waals surface area (Å²) in [6.45, 7) is 0.428. The molecule has 3 amide bonds. The maximum Gasteiger partial charge on any atom is 0.323 e. The molecule has 3 rings (SSSR count). The van der Waals surface area contributed by atoms with Crippen molar-refractivity contribution in [2.24, 2.45) is 5.73 Å². The number of anilines is 1. The molecule has 0 bridgehead atoms. The average Bonchev–Trinajstić information content (AvgIpc) is 3.03. The van der Waals surface area contributed by atoms with Crippen molar-refractivity contribution in [2.45, 2.75) is 18.4 Å². The molecule has 2 heterocycles. The molecular weight excluding hydrogens is 328 g/mol. The Kier molecular flexibility index (Phi) is 4.66. The third-order valence-electron chi connectivity index (χ3n) is 4.12. The van der Waals surface area contributed by atoms with E-state index >= 15 is 0 Å². The first-order valence-corrected chi connectivity index (χ1v) is 7.96. The predicted molar refractivity (Wildman–Crippen MR) is 91.8 cm³/mol. The van der Waals surface area contributed by atoms with Gasteiger partial charge in [0.25, 0.3) is 0 Å². The normalized spacial score (nSPS) is 20.0. The minimum atomic E-state index is -0.637. The number of urea groups is 1. The van der Waals surface area contributed by atoms with E-state index in [0.29, 0.717) is 23.8 Å². The molecule has 6 nitrogen and oxygen atoms in total. The van der Waals surface area contributed by atoms with Gasteiger partial charge in [0, 0.05) is 18.7 Å². The fourth-order valence-electron chi connectivity index (χ4n) is 2.93. The Bertz CT molecular complexity index is 736. The van der Waals surface area contributed by atoms with Crippen LogP contribution in [0, 0.1) is 0 Å². The van der Waals surface area contributed by atoms with Crippen LogP contribution >= 0.6 is 11.6 Å². The number of hydrogen-bond acceptors (Lipinski definition) is 3. The van der Waals surface area contributed by atoms with Gasteiger partial charge < -0.3 is 10.6 Å². The van der Waals surface area contributed by atoms with Crippen LogP contribution in [0.5, 0.6) is 0 Å². The molecule has 24 heavy (non-hydrogen) atoms. The number of nitrogens with two attached hydrogens (primary N) is 1. The van der Waals surface area contributed by atoms with E-state index in [4.69, 9.17) is 17.3 Å². The number of likely N-dealkylation sites (tertiary alicyclic amines) is 1. The molecular formula is C17H17ClN4O2. The topological polar surface area (TPSA) is 88.3 Å². The predicted octanol–water partition coefficient (Wildman–Crippen LogP) is 2.61.